The van der Waals surface area contributed by atoms with E-state index >= 15 is 0 Å². The first kappa shape index (κ1) is 11.7. The van der Waals surface area contributed by atoms with Crippen molar-refractivity contribution < 1.29 is 9.53 Å². The Morgan fingerprint density at radius 2 is 2.00 bits per heavy atom. The maximum atomic E-state index is 10.5. The van der Waals surface area contributed by atoms with Crippen LogP contribution in [0.1, 0.15) is 10.4 Å². The largest absolute Gasteiger partial charge is 0.496 e. The van der Waals surface area contributed by atoms with E-state index in [0.717, 1.165) is 15.8 Å². The molecule has 0 fully saturated rings. The summed E-state index contributed by atoms with van der Waals surface area (Å²) in [5.41, 5.74) is 1.32. The Morgan fingerprint density at radius 1 is 1.29 bits per heavy atom. The van der Waals surface area contributed by atoms with Crippen LogP contribution in [0.3, 0.4) is 0 Å². The molecule has 86 valence electrons. The van der Waals surface area contributed by atoms with Gasteiger partial charge in [0.15, 0.2) is 12.1 Å². The molecule has 0 unspecified atom stereocenters. The third-order valence-electron chi connectivity index (χ3n) is 2.22. The van der Waals surface area contributed by atoms with Crippen LogP contribution in [-0.4, -0.2) is 23.4 Å². The molecular formula is C12H9BrN2O2. The van der Waals surface area contributed by atoms with E-state index in [-0.39, 0.29) is 0 Å². The van der Waals surface area contributed by atoms with E-state index in [1.54, 1.807) is 7.11 Å². The zero-order valence-corrected chi connectivity index (χ0v) is 10.6. The molecule has 0 aliphatic carbocycles. The molecule has 1 aromatic heterocycles. The van der Waals surface area contributed by atoms with Crippen LogP contribution in [0.2, 0.25) is 0 Å². The van der Waals surface area contributed by atoms with Crippen molar-refractivity contribution in [2.45, 2.75) is 0 Å². The van der Waals surface area contributed by atoms with Crippen LogP contribution in [0.4, 0.5) is 0 Å². The predicted molar refractivity (Wildman–Crippen MR) is 67.1 cm³/mol. The SMILES string of the molecule is COc1ccc(-c2ncc(C=O)cn2)cc1Br. The summed E-state index contributed by atoms with van der Waals surface area (Å²) in [5.74, 6) is 1.32. The van der Waals surface area contributed by atoms with E-state index in [0.29, 0.717) is 17.7 Å². The van der Waals surface area contributed by atoms with Gasteiger partial charge in [-0.1, -0.05) is 0 Å². The van der Waals surface area contributed by atoms with Crippen molar-refractivity contribution >= 4 is 22.2 Å². The molecule has 0 radical (unpaired) electrons. The Hall–Kier alpha value is -1.75. The number of rotatable bonds is 3. The van der Waals surface area contributed by atoms with Gasteiger partial charge in [-0.25, -0.2) is 9.97 Å². The van der Waals surface area contributed by atoms with Crippen molar-refractivity contribution in [1.29, 1.82) is 0 Å². The molecule has 2 aromatic rings. The summed E-state index contributed by atoms with van der Waals surface area (Å²) in [7, 11) is 1.61. The lowest BCUT2D eigenvalue weighted by molar-refractivity contribution is 0.112. The lowest BCUT2D eigenvalue weighted by Gasteiger charge is -2.05. The van der Waals surface area contributed by atoms with Gasteiger partial charge in [0.05, 0.1) is 17.1 Å². The second kappa shape index (κ2) is 5.05. The van der Waals surface area contributed by atoms with Gasteiger partial charge < -0.3 is 4.74 Å². The van der Waals surface area contributed by atoms with Crippen LogP contribution in [0, 0.1) is 0 Å². The molecule has 17 heavy (non-hydrogen) atoms. The molecule has 0 saturated carbocycles. The highest BCUT2D eigenvalue weighted by molar-refractivity contribution is 9.10. The summed E-state index contributed by atoms with van der Waals surface area (Å²) in [6, 6.07) is 5.56. The Kier molecular flexibility index (Phi) is 3.49. The summed E-state index contributed by atoms with van der Waals surface area (Å²) < 4.78 is 5.97. The van der Waals surface area contributed by atoms with E-state index in [1.165, 1.54) is 12.4 Å². The van der Waals surface area contributed by atoms with Crippen LogP contribution in [0.25, 0.3) is 11.4 Å². The summed E-state index contributed by atoms with van der Waals surface area (Å²) in [5, 5.41) is 0. The number of ether oxygens (including phenoxy) is 1. The fourth-order valence-electron chi connectivity index (χ4n) is 1.35. The predicted octanol–water partition coefficient (Wildman–Crippen LogP) is 2.73. The minimum absolute atomic E-state index is 0.460. The molecule has 1 heterocycles. The molecule has 0 aliphatic rings. The molecule has 0 amide bonds. The summed E-state index contributed by atoms with van der Waals surface area (Å²) in [4.78, 5) is 18.7. The summed E-state index contributed by atoms with van der Waals surface area (Å²) >= 11 is 3.40. The van der Waals surface area contributed by atoms with Crippen molar-refractivity contribution in [1.82, 2.24) is 9.97 Å². The van der Waals surface area contributed by atoms with E-state index in [9.17, 15) is 4.79 Å². The Morgan fingerprint density at radius 3 is 2.53 bits per heavy atom. The average molecular weight is 293 g/mol. The van der Waals surface area contributed by atoms with Crippen LogP contribution >= 0.6 is 15.9 Å². The number of hydrogen-bond acceptors (Lipinski definition) is 4. The smallest absolute Gasteiger partial charge is 0.159 e. The van der Waals surface area contributed by atoms with Crippen LogP contribution in [0.15, 0.2) is 35.1 Å². The van der Waals surface area contributed by atoms with Gasteiger partial charge in [0.2, 0.25) is 0 Å². The lowest BCUT2D eigenvalue weighted by atomic mass is 10.2. The minimum atomic E-state index is 0.460. The van der Waals surface area contributed by atoms with Crippen LogP contribution in [0.5, 0.6) is 5.75 Å². The maximum absolute atomic E-state index is 10.5. The standard InChI is InChI=1S/C12H9BrN2O2/c1-17-11-3-2-9(4-10(11)13)12-14-5-8(7-16)6-15-12/h2-7H,1H3. The van der Waals surface area contributed by atoms with Crippen molar-refractivity contribution in [3.8, 4) is 17.1 Å². The molecule has 4 nitrogen and oxygen atoms in total. The number of benzene rings is 1. The summed E-state index contributed by atoms with van der Waals surface area (Å²) in [6.45, 7) is 0. The number of halogens is 1. The number of aldehydes is 1. The minimum Gasteiger partial charge on any atom is -0.496 e. The summed E-state index contributed by atoms with van der Waals surface area (Å²) in [6.07, 6.45) is 3.70. The van der Waals surface area contributed by atoms with Crippen molar-refractivity contribution in [3.05, 3.63) is 40.6 Å². The number of methoxy groups -OCH3 is 1. The van der Waals surface area contributed by atoms with Gasteiger partial charge in [0.25, 0.3) is 0 Å². The molecule has 0 N–H and O–H groups in total. The molecular weight excluding hydrogens is 284 g/mol. The molecule has 5 heteroatoms. The first-order valence-corrected chi connectivity index (χ1v) is 5.65. The Balaban J connectivity index is 2.38. The molecule has 1 aromatic carbocycles. The second-order valence-electron chi connectivity index (χ2n) is 3.31. The normalized spacial score (nSPS) is 10.0. The van der Waals surface area contributed by atoms with Crippen molar-refractivity contribution in [2.24, 2.45) is 0 Å². The van der Waals surface area contributed by atoms with Gasteiger partial charge in [-0.15, -0.1) is 0 Å². The maximum Gasteiger partial charge on any atom is 0.159 e. The third-order valence-corrected chi connectivity index (χ3v) is 2.84. The van der Waals surface area contributed by atoms with Gasteiger partial charge in [-0.05, 0) is 34.1 Å². The van der Waals surface area contributed by atoms with Crippen molar-refractivity contribution in [2.75, 3.05) is 7.11 Å². The quantitative estimate of drug-likeness (QED) is 0.816. The molecule has 2 rings (SSSR count). The average Bonchev–Trinajstić information content (AvgIpc) is 2.39. The van der Waals surface area contributed by atoms with Gasteiger partial charge >= 0.3 is 0 Å². The molecule has 0 spiro atoms. The highest BCUT2D eigenvalue weighted by Crippen LogP contribution is 2.28. The van der Waals surface area contributed by atoms with E-state index < -0.39 is 0 Å². The van der Waals surface area contributed by atoms with E-state index in [1.807, 2.05) is 18.2 Å². The number of aromatic nitrogens is 2. The van der Waals surface area contributed by atoms with Gasteiger partial charge in [-0.3, -0.25) is 4.79 Å². The first-order chi connectivity index (χ1) is 8.24. The third kappa shape index (κ3) is 2.50. The topological polar surface area (TPSA) is 52.1 Å². The fraction of sp³-hybridized carbons (Fsp3) is 0.0833. The van der Waals surface area contributed by atoms with Gasteiger partial charge in [0.1, 0.15) is 5.75 Å². The Labute approximate surface area is 107 Å². The van der Waals surface area contributed by atoms with Gasteiger partial charge in [0, 0.05) is 18.0 Å². The number of carbonyl (C=O) groups is 1. The zero-order chi connectivity index (χ0) is 12.3. The molecule has 0 atom stereocenters. The number of hydrogen-bond donors (Lipinski definition) is 0. The van der Waals surface area contributed by atoms with Gasteiger partial charge in [-0.2, -0.15) is 0 Å². The van der Waals surface area contributed by atoms with Crippen molar-refractivity contribution in [3.63, 3.8) is 0 Å². The highest BCUT2D eigenvalue weighted by atomic mass is 79.9. The van der Waals surface area contributed by atoms with E-state index in [4.69, 9.17) is 4.74 Å². The zero-order valence-electron chi connectivity index (χ0n) is 9.05. The van der Waals surface area contributed by atoms with Crippen LogP contribution in [-0.2, 0) is 0 Å². The Bertz CT molecular complexity index is 541. The number of nitrogens with zero attached hydrogens (tertiary/aromatic N) is 2. The second-order valence-corrected chi connectivity index (χ2v) is 4.16. The van der Waals surface area contributed by atoms with Crippen LogP contribution < -0.4 is 4.74 Å². The lowest BCUT2D eigenvalue weighted by Crippen LogP contribution is -1.92. The molecule has 0 saturated heterocycles. The highest BCUT2D eigenvalue weighted by Gasteiger charge is 2.05. The number of carbonyl (C=O) groups excluding carboxylic acids is 1. The molecule has 0 bridgehead atoms. The fourth-order valence-corrected chi connectivity index (χ4v) is 1.89. The van der Waals surface area contributed by atoms with E-state index in [2.05, 4.69) is 25.9 Å². The first-order valence-electron chi connectivity index (χ1n) is 4.85. The molecule has 0 aliphatic heterocycles. The monoisotopic (exact) mass is 292 g/mol.